The van der Waals surface area contributed by atoms with Gasteiger partial charge in [0.25, 0.3) is 0 Å². The van der Waals surface area contributed by atoms with Crippen LogP contribution < -0.4 is 0 Å². The highest BCUT2D eigenvalue weighted by molar-refractivity contribution is 5.71. The minimum Gasteiger partial charge on any atom is -0.396 e. The van der Waals surface area contributed by atoms with Crippen LogP contribution in [0.5, 0.6) is 0 Å². The summed E-state index contributed by atoms with van der Waals surface area (Å²) in [6.07, 6.45) is 2.76. The van der Waals surface area contributed by atoms with Crippen LogP contribution in [0.25, 0.3) is 11.1 Å². The summed E-state index contributed by atoms with van der Waals surface area (Å²) in [5.74, 6) is 0. The van der Waals surface area contributed by atoms with Gasteiger partial charge < -0.3 is 9.84 Å². The molecular formula is C20H26O2. The Bertz CT molecular complexity index is 617. The van der Waals surface area contributed by atoms with E-state index in [0.29, 0.717) is 6.61 Å². The molecule has 0 bridgehead atoms. The third-order valence-electron chi connectivity index (χ3n) is 4.02. The molecule has 0 aromatic heterocycles. The van der Waals surface area contributed by atoms with Crippen molar-refractivity contribution in [1.82, 2.24) is 0 Å². The average Bonchev–Trinajstić information content (AvgIpc) is 2.53. The lowest BCUT2D eigenvalue weighted by atomic mass is 9.91. The van der Waals surface area contributed by atoms with Crippen LogP contribution in [0.1, 0.15) is 35.6 Å². The largest absolute Gasteiger partial charge is 0.396 e. The van der Waals surface area contributed by atoms with Crippen molar-refractivity contribution < 1.29 is 9.84 Å². The first-order chi connectivity index (χ1) is 10.7. The van der Waals surface area contributed by atoms with Crippen molar-refractivity contribution in [3.05, 3.63) is 58.7 Å². The normalized spacial score (nSPS) is 10.9. The molecular weight excluding hydrogens is 272 g/mol. The highest BCUT2D eigenvalue weighted by Gasteiger charge is 2.10. The van der Waals surface area contributed by atoms with E-state index in [1.165, 1.54) is 33.4 Å². The smallest absolute Gasteiger partial charge is 0.0719 e. The number of ether oxygens (including phenoxy) is 1. The maximum atomic E-state index is 8.99. The molecule has 0 aliphatic rings. The van der Waals surface area contributed by atoms with Gasteiger partial charge >= 0.3 is 0 Å². The second-order valence-electron chi connectivity index (χ2n) is 5.77. The topological polar surface area (TPSA) is 29.5 Å². The number of hydrogen-bond acceptors (Lipinski definition) is 2. The number of hydrogen-bond donors (Lipinski definition) is 1. The van der Waals surface area contributed by atoms with E-state index in [1.54, 1.807) is 7.11 Å². The number of aliphatic hydroxyl groups is 1. The summed E-state index contributed by atoms with van der Waals surface area (Å²) in [5, 5.41) is 8.99. The van der Waals surface area contributed by atoms with Gasteiger partial charge in [-0.3, -0.25) is 0 Å². The molecule has 0 amide bonds. The fourth-order valence-electron chi connectivity index (χ4n) is 2.90. The molecule has 0 unspecified atom stereocenters. The van der Waals surface area contributed by atoms with Crippen molar-refractivity contribution in [2.75, 3.05) is 13.7 Å². The molecule has 0 saturated heterocycles. The van der Waals surface area contributed by atoms with Crippen LogP contribution in [0, 0.1) is 6.92 Å². The molecule has 0 spiro atoms. The number of rotatable bonds is 7. The third-order valence-corrected chi connectivity index (χ3v) is 4.02. The molecule has 0 atom stereocenters. The Labute approximate surface area is 133 Å². The minimum absolute atomic E-state index is 0.249. The first kappa shape index (κ1) is 16.7. The summed E-state index contributed by atoms with van der Waals surface area (Å²) in [6.45, 7) is 5.19. The molecule has 118 valence electrons. The van der Waals surface area contributed by atoms with Crippen molar-refractivity contribution in [2.45, 2.75) is 39.7 Å². The van der Waals surface area contributed by atoms with Gasteiger partial charge in [-0.25, -0.2) is 0 Å². The van der Waals surface area contributed by atoms with Gasteiger partial charge in [-0.1, -0.05) is 48.9 Å². The van der Waals surface area contributed by atoms with Crippen LogP contribution >= 0.6 is 0 Å². The average molecular weight is 298 g/mol. The van der Waals surface area contributed by atoms with Gasteiger partial charge in [0.15, 0.2) is 0 Å². The maximum absolute atomic E-state index is 8.99. The fourth-order valence-corrected chi connectivity index (χ4v) is 2.90. The van der Waals surface area contributed by atoms with Crippen molar-refractivity contribution in [2.24, 2.45) is 0 Å². The van der Waals surface area contributed by atoms with E-state index in [4.69, 9.17) is 9.84 Å². The van der Waals surface area contributed by atoms with Crippen LogP contribution in [0.4, 0.5) is 0 Å². The van der Waals surface area contributed by atoms with Crippen molar-refractivity contribution in [3.63, 3.8) is 0 Å². The van der Waals surface area contributed by atoms with Crippen LogP contribution in [-0.2, 0) is 24.2 Å². The van der Waals surface area contributed by atoms with Gasteiger partial charge in [0.05, 0.1) is 6.61 Å². The molecule has 0 heterocycles. The lowest BCUT2D eigenvalue weighted by molar-refractivity contribution is 0.185. The molecule has 0 fully saturated rings. The maximum Gasteiger partial charge on any atom is 0.0719 e. The van der Waals surface area contributed by atoms with E-state index in [9.17, 15) is 0 Å². The van der Waals surface area contributed by atoms with Gasteiger partial charge in [-0.15, -0.1) is 0 Å². The summed E-state index contributed by atoms with van der Waals surface area (Å²) in [5.41, 5.74) is 7.71. The molecule has 0 saturated carbocycles. The number of aliphatic hydroxyl groups excluding tert-OH is 1. The SMILES string of the molecule is CCc1cc(CCCO)ccc1-c1ccc(C)cc1COC. The molecule has 0 aliphatic heterocycles. The van der Waals surface area contributed by atoms with Crippen molar-refractivity contribution in [3.8, 4) is 11.1 Å². The van der Waals surface area contributed by atoms with Crippen LogP contribution in [0.2, 0.25) is 0 Å². The number of benzene rings is 2. The molecule has 2 aromatic carbocycles. The highest BCUT2D eigenvalue weighted by Crippen LogP contribution is 2.30. The molecule has 2 heteroatoms. The van der Waals surface area contributed by atoms with Crippen LogP contribution in [-0.4, -0.2) is 18.8 Å². The van der Waals surface area contributed by atoms with E-state index in [2.05, 4.69) is 50.2 Å². The van der Waals surface area contributed by atoms with Gasteiger partial charge in [-0.2, -0.15) is 0 Å². The molecule has 2 nitrogen and oxygen atoms in total. The Kier molecular flexibility index (Phi) is 6.17. The molecule has 2 rings (SSSR count). The first-order valence-corrected chi connectivity index (χ1v) is 8.01. The molecule has 22 heavy (non-hydrogen) atoms. The second kappa shape index (κ2) is 8.11. The summed E-state index contributed by atoms with van der Waals surface area (Å²) >= 11 is 0. The molecule has 1 N–H and O–H groups in total. The van der Waals surface area contributed by atoms with Crippen LogP contribution in [0.3, 0.4) is 0 Å². The summed E-state index contributed by atoms with van der Waals surface area (Å²) < 4.78 is 5.37. The van der Waals surface area contributed by atoms with Gasteiger partial charge in [0, 0.05) is 13.7 Å². The van der Waals surface area contributed by atoms with E-state index in [0.717, 1.165) is 19.3 Å². The monoisotopic (exact) mass is 298 g/mol. The Morgan fingerprint density at radius 2 is 1.73 bits per heavy atom. The zero-order valence-electron chi connectivity index (χ0n) is 13.9. The van der Waals surface area contributed by atoms with Crippen LogP contribution in [0.15, 0.2) is 36.4 Å². The Hall–Kier alpha value is -1.64. The summed E-state index contributed by atoms with van der Waals surface area (Å²) in [7, 11) is 1.74. The predicted molar refractivity (Wildman–Crippen MR) is 92.1 cm³/mol. The Morgan fingerprint density at radius 3 is 2.41 bits per heavy atom. The van der Waals surface area contributed by atoms with E-state index < -0.39 is 0 Å². The number of methoxy groups -OCH3 is 1. The van der Waals surface area contributed by atoms with Gasteiger partial charge in [0.1, 0.15) is 0 Å². The second-order valence-corrected chi connectivity index (χ2v) is 5.77. The minimum atomic E-state index is 0.249. The number of aryl methyl sites for hydroxylation is 3. The zero-order valence-corrected chi connectivity index (χ0v) is 13.9. The van der Waals surface area contributed by atoms with Crippen molar-refractivity contribution in [1.29, 1.82) is 0 Å². The van der Waals surface area contributed by atoms with E-state index >= 15 is 0 Å². The first-order valence-electron chi connectivity index (χ1n) is 8.01. The van der Waals surface area contributed by atoms with E-state index in [1.807, 2.05) is 0 Å². The van der Waals surface area contributed by atoms with Crippen molar-refractivity contribution >= 4 is 0 Å². The lowest BCUT2D eigenvalue weighted by Crippen LogP contribution is -1.98. The Balaban J connectivity index is 2.43. The fraction of sp³-hybridized carbons (Fsp3) is 0.400. The highest BCUT2D eigenvalue weighted by atomic mass is 16.5. The lowest BCUT2D eigenvalue weighted by Gasteiger charge is -2.15. The standard InChI is InChI=1S/C20H26O2/c1-4-17-13-16(6-5-11-21)8-10-19(17)20-9-7-15(2)12-18(20)14-22-3/h7-10,12-13,21H,4-6,11,14H2,1-3H3. The third kappa shape index (κ3) is 3.96. The summed E-state index contributed by atoms with van der Waals surface area (Å²) in [4.78, 5) is 0. The predicted octanol–water partition coefficient (Wildman–Crippen LogP) is 4.30. The Morgan fingerprint density at radius 1 is 1.00 bits per heavy atom. The molecule has 0 radical (unpaired) electrons. The molecule has 0 aliphatic carbocycles. The van der Waals surface area contributed by atoms with Gasteiger partial charge in [0.2, 0.25) is 0 Å². The molecule has 2 aromatic rings. The zero-order chi connectivity index (χ0) is 15.9. The van der Waals surface area contributed by atoms with E-state index in [-0.39, 0.29) is 6.61 Å². The van der Waals surface area contributed by atoms with Gasteiger partial charge in [-0.05, 0) is 54.0 Å². The summed E-state index contributed by atoms with van der Waals surface area (Å²) in [6, 6.07) is 13.2. The quantitative estimate of drug-likeness (QED) is 0.826.